The van der Waals surface area contributed by atoms with Crippen LogP contribution in [-0.2, 0) is 0 Å². The molecule has 0 unspecified atom stereocenters. The molecule has 2 aromatic carbocycles. The molecule has 0 aliphatic heterocycles. The Kier molecular flexibility index (Phi) is 5.54. The second-order valence-electron chi connectivity index (χ2n) is 5.40. The van der Waals surface area contributed by atoms with Crippen LogP contribution >= 0.6 is 27.3 Å². The molecule has 3 aromatic rings. The van der Waals surface area contributed by atoms with E-state index in [1.54, 1.807) is 0 Å². The van der Waals surface area contributed by atoms with Crippen LogP contribution in [0.25, 0.3) is 16.8 Å². The Bertz CT molecular complexity index is 1070. The maximum Gasteiger partial charge on any atom is 0.339 e. The van der Waals surface area contributed by atoms with Crippen molar-refractivity contribution in [2.45, 2.75) is 0 Å². The van der Waals surface area contributed by atoms with E-state index in [9.17, 15) is 15.2 Å². The number of halogens is 1. The van der Waals surface area contributed by atoms with Gasteiger partial charge in [-0.25, -0.2) is 9.78 Å². The molecular formula is C19H12BrN3O3S. The Hall–Kier alpha value is -3.15. The minimum absolute atomic E-state index is 0.223. The lowest BCUT2D eigenvalue weighted by atomic mass is 10.2. The Morgan fingerprint density at radius 2 is 2.00 bits per heavy atom. The number of carbonyl (C=O) groups is 1. The quantitative estimate of drug-likeness (QED) is 0.381. The van der Waals surface area contributed by atoms with Gasteiger partial charge in [0.15, 0.2) is 0 Å². The highest BCUT2D eigenvalue weighted by molar-refractivity contribution is 9.10. The smallest absolute Gasteiger partial charge is 0.339 e. The number of anilines is 1. The van der Waals surface area contributed by atoms with E-state index in [1.165, 1.54) is 35.7 Å². The van der Waals surface area contributed by atoms with Gasteiger partial charge in [0.05, 0.1) is 5.69 Å². The first-order valence-corrected chi connectivity index (χ1v) is 9.30. The van der Waals surface area contributed by atoms with Gasteiger partial charge < -0.3 is 15.5 Å². The number of thiazole rings is 1. The van der Waals surface area contributed by atoms with Crippen molar-refractivity contribution in [1.82, 2.24) is 4.98 Å². The van der Waals surface area contributed by atoms with Gasteiger partial charge in [0, 0.05) is 27.3 Å². The van der Waals surface area contributed by atoms with Crippen LogP contribution in [0.5, 0.6) is 5.75 Å². The van der Waals surface area contributed by atoms with Gasteiger partial charge in [0.25, 0.3) is 0 Å². The molecule has 0 fully saturated rings. The lowest BCUT2D eigenvalue weighted by Crippen LogP contribution is -1.98. The van der Waals surface area contributed by atoms with E-state index in [4.69, 9.17) is 5.11 Å². The minimum atomic E-state index is -1.24. The van der Waals surface area contributed by atoms with Crippen LogP contribution in [0, 0.1) is 11.3 Å². The Balaban J connectivity index is 1.83. The summed E-state index contributed by atoms with van der Waals surface area (Å²) in [6.07, 6.45) is 1.46. The van der Waals surface area contributed by atoms with E-state index in [1.807, 2.05) is 29.6 Å². The van der Waals surface area contributed by atoms with Crippen molar-refractivity contribution >= 4 is 44.5 Å². The number of benzene rings is 2. The zero-order valence-electron chi connectivity index (χ0n) is 13.7. The van der Waals surface area contributed by atoms with Crippen LogP contribution in [-0.4, -0.2) is 21.2 Å². The molecule has 1 heterocycles. The summed E-state index contributed by atoms with van der Waals surface area (Å²) >= 11 is 4.73. The van der Waals surface area contributed by atoms with Crippen LogP contribution in [0.4, 0.5) is 5.69 Å². The maximum atomic E-state index is 11.1. The fraction of sp³-hybridized carbons (Fsp3) is 0. The van der Waals surface area contributed by atoms with Gasteiger partial charge in [0.1, 0.15) is 28.0 Å². The van der Waals surface area contributed by atoms with Crippen LogP contribution in [0.2, 0.25) is 0 Å². The first-order valence-electron chi connectivity index (χ1n) is 7.63. The normalized spacial score (nSPS) is 11.0. The van der Waals surface area contributed by atoms with Crippen molar-refractivity contribution in [3.05, 3.63) is 69.1 Å². The number of rotatable bonds is 5. The zero-order chi connectivity index (χ0) is 19.4. The third-order valence-electron chi connectivity index (χ3n) is 3.61. The number of carboxylic acid groups (broad SMARTS) is 1. The van der Waals surface area contributed by atoms with Gasteiger partial charge in [-0.05, 0) is 30.3 Å². The molecule has 0 radical (unpaired) electrons. The summed E-state index contributed by atoms with van der Waals surface area (Å²) in [7, 11) is 0. The van der Waals surface area contributed by atoms with Crippen LogP contribution in [0.1, 0.15) is 15.4 Å². The van der Waals surface area contributed by atoms with E-state index >= 15 is 0 Å². The van der Waals surface area contributed by atoms with Crippen molar-refractivity contribution < 1.29 is 15.0 Å². The van der Waals surface area contributed by atoms with Crippen LogP contribution in [0.15, 0.2) is 58.5 Å². The standard InChI is InChI=1S/C19H12BrN3O3S/c20-13-3-1-11(2-4-13)16-10-27-18(23-16)12(8-21)9-22-14-5-6-17(24)15(7-14)19(25)26/h1-7,9-10,22,24H,(H,25,26)/b12-9+. The first kappa shape index (κ1) is 18.6. The first-order chi connectivity index (χ1) is 13.0. The number of nitrogens with one attached hydrogen (secondary N) is 1. The average Bonchev–Trinajstić information content (AvgIpc) is 3.14. The summed E-state index contributed by atoms with van der Waals surface area (Å²) in [4.78, 5) is 15.6. The van der Waals surface area contributed by atoms with Crippen molar-refractivity contribution in [3.63, 3.8) is 0 Å². The SMILES string of the molecule is N#C/C(=C\Nc1ccc(O)c(C(=O)O)c1)c1nc(-c2ccc(Br)cc2)cs1. The number of hydrogen-bond donors (Lipinski definition) is 3. The van der Waals surface area contributed by atoms with E-state index in [-0.39, 0.29) is 11.3 Å². The van der Waals surface area contributed by atoms with Crippen molar-refractivity contribution in [3.8, 4) is 23.1 Å². The molecule has 3 rings (SSSR count). The van der Waals surface area contributed by atoms with Crippen molar-refractivity contribution in [1.29, 1.82) is 5.26 Å². The highest BCUT2D eigenvalue weighted by Crippen LogP contribution is 2.27. The minimum Gasteiger partial charge on any atom is -0.507 e. The topological polar surface area (TPSA) is 106 Å². The van der Waals surface area contributed by atoms with Crippen LogP contribution < -0.4 is 5.32 Å². The number of carboxylic acids is 1. The predicted octanol–water partition coefficient (Wildman–Crippen LogP) is 4.95. The number of aromatic hydroxyl groups is 1. The largest absolute Gasteiger partial charge is 0.507 e. The number of phenols is 1. The Morgan fingerprint density at radius 3 is 2.67 bits per heavy atom. The summed E-state index contributed by atoms with van der Waals surface area (Å²) in [6, 6.07) is 13.9. The third kappa shape index (κ3) is 4.34. The van der Waals surface area contributed by atoms with E-state index in [0.29, 0.717) is 16.3 Å². The Morgan fingerprint density at radius 1 is 1.26 bits per heavy atom. The van der Waals surface area contributed by atoms with E-state index in [2.05, 4.69) is 32.3 Å². The second kappa shape index (κ2) is 8.03. The van der Waals surface area contributed by atoms with Gasteiger partial charge in [-0.3, -0.25) is 0 Å². The molecule has 134 valence electrons. The molecule has 0 atom stereocenters. The van der Waals surface area contributed by atoms with Gasteiger partial charge >= 0.3 is 5.97 Å². The lowest BCUT2D eigenvalue weighted by molar-refractivity contribution is 0.0694. The van der Waals surface area contributed by atoms with Gasteiger partial charge in [-0.2, -0.15) is 5.26 Å². The molecule has 3 N–H and O–H groups in total. The summed E-state index contributed by atoms with van der Waals surface area (Å²) in [5.74, 6) is -1.56. The molecule has 0 bridgehead atoms. The zero-order valence-corrected chi connectivity index (χ0v) is 16.1. The van der Waals surface area contributed by atoms with Gasteiger partial charge in [0.2, 0.25) is 0 Å². The van der Waals surface area contributed by atoms with Gasteiger partial charge in [-0.15, -0.1) is 11.3 Å². The van der Waals surface area contributed by atoms with Crippen molar-refractivity contribution in [2.75, 3.05) is 5.32 Å². The predicted molar refractivity (Wildman–Crippen MR) is 108 cm³/mol. The number of nitrogens with zero attached hydrogens (tertiary/aromatic N) is 2. The molecule has 1 aromatic heterocycles. The maximum absolute atomic E-state index is 11.1. The third-order valence-corrected chi connectivity index (χ3v) is 5.01. The molecule has 8 heteroatoms. The van der Waals surface area contributed by atoms with Crippen molar-refractivity contribution in [2.24, 2.45) is 0 Å². The number of allylic oxidation sites excluding steroid dienone is 1. The molecule has 0 aliphatic carbocycles. The summed E-state index contributed by atoms with van der Waals surface area (Å²) in [5.41, 5.74) is 2.23. The van der Waals surface area contributed by atoms with E-state index in [0.717, 1.165) is 15.7 Å². The van der Waals surface area contributed by atoms with Crippen LogP contribution in [0.3, 0.4) is 0 Å². The molecule has 0 spiro atoms. The highest BCUT2D eigenvalue weighted by Gasteiger charge is 2.11. The molecule has 0 saturated heterocycles. The molecule has 0 aliphatic rings. The summed E-state index contributed by atoms with van der Waals surface area (Å²) in [6.45, 7) is 0. The van der Waals surface area contributed by atoms with Gasteiger partial charge in [-0.1, -0.05) is 28.1 Å². The molecule has 0 amide bonds. The highest BCUT2D eigenvalue weighted by atomic mass is 79.9. The number of hydrogen-bond acceptors (Lipinski definition) is 6. The fourth-order valence-corrected chi connectivity index (χ4v) is 3.30. The molecule has 0 saturated carbocycles. The molecule has 6 nitrogen and oxygen atoms in total. The summed E-state index contributed by atoms with van der Waals surface area (Å²) < 4.78 is 0.971. The molecular weight excluding hydrogens is 430 g/mol. The summed E-state index contributed by atoms with van der Waals surface area (Å²) in [5, 5.41) is 33.3. The fourth-order valence-electron chi connectivity index (χ4n) is 2.25. The molecule has 27 heavy (non-hydrogen) atoms. The monoisotopic (exact) mass is 441 g/mol. The lowest BCUT2D eigenvalue weighted by Gasteiger charge is -2.05. The number of aromatic nitrogens is 1. The Labute approximate surface area is 167 Å². The number of nitriles is 1. The number of aromatic carboxylic acids is 1. The second-order valence-corrected chi connectivity index (χ2v) is 7.17. The van der Waals surface area contributed by atoms with E-state index < -0.39 is 5.97 Å². The average molecular weight is 442 g/mol.